The van der Waals surface area contributed by atoms with Gasteiger partial charge in [-0.05, 0) is 55.5 Å². The van der Waals surface area contributed by atoms with Crippen LogP contribution in [0, 0.1) is 13.8 Å². The summed E-state index contributed by atoms with van der Waals surface area (Å²) in [6.07, 6.45) is 6.41. The Kier molecular flexibility index (Phi) is 4.74. The van der Waals surface area contributed by atoms with Crippen molar-refractivity contribution in [3.63, 3.8) is 0 Å². The third kappa shape index (κ3) is 4.08. The third-order valence-corrected chi connectivity index (χ3v) is 4.15. The first-order valence-corrected chi connectivity index (χ1v) is 8.05. The number of pyridine rings is 1. The number of hydrogen-bond acceptors (Lipinski definition) is 3. The maximum absolute atomic E-state index is 6.01. The van der Waals surface area contributed by atoms with Crippen molar-refractivity contribution in [2.45, 2.75) is 39.3 Å². The van der Waals surface area contributed by atoms with Crippen LogP contribution in [0.5, 0.6) is 5.75 Å². The van der Waals surface area contributed by atoms with E-state index in [1.165, 1.54) is 29.5 Å². The molecule has 0 saturated heterocycles. The number of benzene rings is 1. The van der Waals surface area contributed by atoms with Crippen LogP contribution in [0.1, 0.15) is 29.5 Å². The molecule has 1 heterocycles. The minimum atomic E-state index is 0.724. The lowest BCUT2D eigenvalue weighted by molar-refractivity contribution is 0.194. The van der Waals surface area contributed by atoms with Gasteiger partial charge in [-0.25, -0.2) is 0 Å². The molecular formula is C19H24N2O. The largest absolute Gasteiger partial charge is 0.492 e. The van der Waals surface area contributed by atoms with E-state index in [1.807, 2.05) is 18.5 Å². The summed E-state index contributed by atoms with van der Waals surface area (Å²) in [6, 6.07) is 11.3. The van der Waals surface area contributed by atoms with Crippen LogP contribution >= 0.6 is 0 Å². The molecule has 0 aliphatic heterocycles. The summed E-state index contributed by atoms with van der Waals surface area (Å²) >= 11 is 0. The standard InChI is InChI=1S/C19H24N2O/c1-15-5-6-16(2)19(12-15)22-11-10-21(18-7-8-18)14-17-4-3-9-20-13-17/h3-6,9,12-13,18H,7-8,10-11,14H2,1-2H3. The van der Waals surface area contributed by atoms with Crippen LogP contribution in [0.15, 0.2) is 42.7 Å². The van der Waals surface area contributed by atoms with E-state index in [0.29, 0.717) is 0 Å². The zero-order chi connectivity index (χ0) is 15.4. The van der Waals surface area contributed by atoms with Gasteiger partial charge >= 0.3 is 0 Å². The van der Waals surface area contributed by atoms with Crippen LogP contribution in [0.4, 0.5) is 0 Å². The Morgan fingerprint density at radius 3 is 2.82 bits per heavy atom. The van der Waals surface area contributed by atoms with E-state index in [9.17, 15) is 0 Å². The molecule has 3 rings (SSSR count). The quantitative estimate of drug-likeness (QED) is 0.778. The summed E-state index contributed by atoms with van der Waals surface area (Å²) in [4.78, 5) is 6.72. The fourth-order valence-electron chi connectivity index (χ4n) is 2.69. The highest BCUT2D eigenvalue weighted by molar-refractivity contribution is 5.35. The normalized spacial score (nSPS) is 14.3. The zero-order valence-corrected chi connectivity index (χ0v) is 13.5. The van der Waals surface area contributed by atoms with Crippen LogP contribution in [0.25, 0.3) is 0 Å². The molecule has 3 nitrogen and oxygen atoms in total. The maximum atomic E-state index is 6.01. The van der Waals surface area contributed by atoms with Crippen LogP contribution in [0.3, 0.4) is 0 Å². The third-order valence-electron chi connectivity index (χ3n) is 4.15. The predicted octanol–water partition coefficient (Wildman–Crippen LogP) is 3.74. The summed E-state index contributed by atoms with van der Waals surface area (Å²) in [7, 11) is 0. The molecule has 2 aromatic rings. The molecule has 0 unspecified atom stereocenters. The van der Waals surface area contributed by atoms with Gasteiger partial charge < -0.3 is 4.74 Å². The Hall–Kier alpha value is -1.87. The number of aromatic nitrogens is 1. The molecule has 0 amide bonds. The van der Waals surface area contributed by atoms with Crippen molar-refractivity contribution < 1.29 is 4.74 Å². The zero-order valence-electron chi connectivity index (χ0n) is 13.5. The fraction of sp³-hybridized carbons (Fsp3) is 0.421. The molecule has 22 heavy (non-hydrogen) atoms. The summed E-state index contributed by atoms with van der Waals surface area (Å²) < 4.78 is 6.01. The molecule has 1 aliphatic rings. The summed E-state index contributed by atoms with van der Waals surface area (Å²) in [5, 5.41) is 0. The van der Waals surface area contributed by atoms with Gasteiger partial charge in [0.05, 0.1) is 0 Å². The van der Waals surface area contributed by atoms with E-state index in [-0.39, 0.29) is 0 Å². The highest BCUT2D eigenvalue weighted by Gasteiger charge is 2.28. The van der Waals surface area contributed by atoms with E-state index in [1.54, 1.807) is 0 Å². The summed E-state index contributed by atoms with van der Waals surface area (Å²) in [5.41, 5.74) is 3.73. The monoisotopic (exact) mass is 296 g/mol. The van der Waals surface area contributed by atoms with Gasteiger partial charge in [-0.15, -0.1) is 0 Å². The highest BCUT2D eigenvalue weighted by Crippen LogP contribution is 2.28. The molecule has 0 spiro atoms. The Morgan fingerprint density at radius 2 is 2.09 bits per heavy atom. The molecule has 1 aromatic heterocycles. The Balaban J connectivity index is 1.55. The molecule has 1 aromatic carbocycles. The van der Waals surface area contributed by atoms with Crippen molar-refractivity contribution in [2.24, 2.45) is 0 Å². The lowest BCUT2D eigenvalue weighted by atomic mass is 10.1. The van der Waals surface area contributed by atoms with Crippen molar-refractivity contribution >= 4 is 0 Å². The van der Waals surface area contributed by atoms with Crippen molar-refractivity contribution in [2.75, 3.05) is 13.2 Å². The average molecular weight is 296 g/mol. The SMILES string of the molecule is Cc1ccc(C)c(OCCN(Cc2cccnc2)C2CC2)c1. The van der Waals surface area contributed by atoms with Gasteiger partial charge in [0.25, 0.3) is 0 Å². The average Bonchev–Trinajstić information content (AvgIpc) is 3.35. The first-order valence-electron chi connectivity index (χ1n) is 8.05. The second-order valence-corrected chi connectivity index (χ2v) is 6.18. The first-order chi connectivity index (χ1) is 10.7. The molecule has 1 aliphatic carbocycles. The maximum Gasteiger partial charge on any atom is 0.122 e. The number of hydrogen-bond donors (Lipinski definition) is 0. The predicted molar refractivity (Wildman–Crippen MR) is 89.1 cm³/mol. The second kappa shape index (κ2) is 6.93. The molecule has 0 radical (unpaired) electrons. The first kappa shape index (κ1) is 15.0. The molecule has 0 bridgehead atoms. The van der Waals surface area contributed by atoms with Crippen molar-refractivity contribution in [3.05, 3.63) is 59.4 Å². The van der Waals surface area contributed by atoms with Crippen LogP contribution < -0.4 is 4.74 Å². The minimum absolute atomic E-state index is 0.724. The van der Waals surface area contributed by atoms with Crippen molar-refractivity contribution in [1.29, 1.82) is 0 Å². The highest BCUT2D eigenvalue weighted by atomic mass is 16.5. The smallest absolute Gasteiger partial charge is 0.122 e. The summed E-state index contributed by atoms with van der Waals surface area (Å²) in [6.45, 7) is 6.87. The summed E-state index contributed by atoms with van der Waals surface area (Å²) in [5.74, 6) is 1.01. The molecule has 0 N–H and O–H groups in total. The van der Waals surface area contributed by atoms with E-state index >= 15 is 0 Å². The second-order valence-electron chi connectivity index (χ2n) is 6.18. The van der Waals surface area contributed by atoms with Crippen molar-refractivity contribution in [3.8, 4) is 5.75 Å². The number of nitrogens with zero attached hydrogens (tertiary/aromatic N) is 2. The topological polar surface area (TPSA) is 25.4 Å². The number of aryl methyl sites for hydroxylation is 2. The lowest BCUT2D eigenvalue weighted by Gasteiger charge is -2.22. The van der Waals surface area contributed by atoms with Gasteiger partial charge in [0, 0.05) is 31.5 Å². The van der Waals surface area contributed by atoms with Gasteiger partial charge in [-0.3, -0.25) is 9.88 Å². The molecular weight excluding hydrogens is 272 g/mol. The van der Waals surface area contributed by atoms with Gasteiger partial charge in [-0.2, -0.15) is 0 Å². The van der Waals surface area contributed by atoms with E-state index in [2.05, 4.69) is 48.0 Å². The number of rotatable bonds is 7. The Labute approximate surface area is 132 Å². The Bertz CT molecular complexity index is 608. The fourth-order valence-corrected chi connectivity index (χ4v) is 2.69. The molecule has 1 saturated carbocycles. The molecule has 0 atom stereocenters. The van der Waals surface area contributed by atoms with Gasteiger partial charge in [-0.1, -0.05) is 18.2 Å². The van der Waals surface area contributed by atoms with Crippen LogP contribution in [-0.2, 0) is 6.54 Å². The van der Waals surface area contributed by atoms with E-state index < -0.39 is 0 Å². The van der Waals surface area contributed by atoms with Crippen molar-refractivity contribution in [1.82, 2.24) is 9.88 Å². The van der Waals surface area contributed by atoms with Crippen LogP contribution in [-0.4, -0.2) is 29.1 Å². The molecule has 1 fully saturated rings. The minimum Gasteiger partial charge on any atom is -0.492 e. The van der Waals surface area contributed by atoms with Gasteiger partial charge in [0.2, 0.25) is 0 Å². The Morgan fingerprint density at radius 1 is 1.23 bits per heavy atom. The molecule has 3 heteroatoms. The van der Waals surface area contributed by atoms with Crippen LogP contribution in [0.2, 0.25) is 0 Å². The van der Waals surface area contributed by atoms with E-state index in [0.717, 1.165) is 31.5 Å². The molecule has 116 valence electrons. The van der Waals surface area contributed by atoms with Gasteiger partial charge in [0.1, 0.15) is 12.4 Å². The van der Waals surface area contributed by atoms with E-state index in [4.69, 9.17) is 4.74 Å². The van der Waals surface area contributed by atoms with Gasteiger partial charge in [0.15, 0.2) is 0 Å². The lowest BCUT2D eigenvalue weighted by Crippen LogP contribution is -2.30. The number of ether oxygens (including phenoxy) is 1.